The van der Waals surface area contributed by atoms with Crippen LogP contribution in [0.4, 0.5) is 0 Å². The molecule has 22 heavy (non-hydrogen) atoms. The molecule has 0 unspecified atom stereocenters. The van der Waals surface area contributed by atoms with Gasteiger partial charge in [0.2, 0.25) is 0 Å². The molecular weight excluding hydrogens is 284 g/mol. The van der Waals surface area contributed by atoms with Gasteiger partial charge >= 0.3 is 11.9 Å². The van der Waals surface area contributed by atoms with Crippen LogP contribution in [0.25, 0.3) is 11.4 Å². The molecule has 2 rings (SSSR count). The van der Waals surface area contributed by atoms with Gasteiger partial charge < -0.3 is 10.2 Å². The fourth-order valence-electron chi connectivity index (χ4n) is 2.00. The summed E-state index contributed by atoms with van der Waals surface area (Å²) in [5, 5.41) is 18.4. The van der Waals surface area contributed by atoms with Gasteiger partial charge in [0.25, 0.3) is 0 Å². The Balaban J connectivity index is 2.63. The Morgan fingerprint density at radius 3 is 2.27 bits per heavy atom. The van der Waals surface area contributed by atoms with E-state index in [0.29, 0.717) is 22.6 Å². The first-order valence-electron chi connectivity index (χ1n) is 6.75. The molecule has 0 amide bonds. The number of carboxylic acids is 2. The number of carboxylic acid groups (broad SMARTS) is 2. The maximum absolute atomic E-state index is 11.2. The number of nitrogens with zero attached hydrogens (tertiary/aromatic N) is 2. The second-order valence-corrected chi connectivity index (χ2v) is 5.32. The molecule has 0 atom stereocenters. The third-order valence-electron chi connectivity index (χ3n) is 3.28. The normalized spacial score (nSPS) is 10.7. The van der Waals surface area contributed by atoms with Crippen LogP contribution in [0.2, 0.25) is 0 Å². The van der Waals surface area contributed by atoms with Crippen molar-refractivity contribution >= 4 is 11.9 Å². The largest absolute Gasteiger partial charge is 0.478 e. The van der Waals surface area contributed by atoms with Crippen molar-refractivity contribution in [2.45, 2.75) is 26.7 Å². The minimum Gasteiger partial charge on any atom is -0.478 e. The minimum atomic E-state index is -1.06. The highest BCUT2D eigenvalue weighted by atomic mass is 16.4. The summed E-state index contributed by atoms with van der Waals surface area (Å²) in [5.74, 6) is -2.07. The molecule has 0 aliphatic heterocycles. The summed E-state index contributed by atoms with van der Waals surface area (Å²) in [7, 11) is 0. The zero-order valence-corrected chi connectivity index (χ0v) is 12.5. The number of aryl methyl sites for hydroxylation is 1. The van der Waals surface area contributed by atoms with Crippen LogP contribution in [0, 0.1) is 6.92 Å². The van der Waals surface area contributed by atoms with E-state index in [2.05, 4.69) is 9.97 Å². The first-order valence-corrected chi connectivity index (χ1v) is 6.75. The van der Waals surface area contributed by atoms with Crippen molar-refractivity contribution in [2.75, 3.05) is 0 Å². The molecule has 0 saturated heterocycles. The predicted molar refractivity (Wildman–Crippen MR) is 80.2 cm³/mol. The highest BCUT2D eigenvalue weighted by Gasteiger charge is 2.15. The minimum absolute atomic E-state index is 0.0439. The van der Waals surface area contributed by atoms with E-state index in [1.165, 1.54) is 24.4 Å². The molecule has 0 saturated carbocycles. The zero-order valence-electron chi connectivity index (χ0n) is 12.5. The van der Waals surface area contributed by atoms with Crippen molar-refractivity contribution in [3.05, 3.63) is 46.8 Å². The Morgan fingerprint density at radius 1 is 1.05 bits per heavy atom. The van der Waals surface area contributed by atoms with Crippen molar-refractivity contribution in [3.8, 4) is 11.4 Å². The van der Waals surface area contributed by atoms with Crippen molar-refractivity contribution in [2.24, 2.45) is 0 Å². The summed E-state index contributed by atoms with van der Waals surface area (Å²) >= 11 is 0. The molecule has 0 bridgehead atoms. The lowest BCUT2D eigenvalue weighted by Crippen LogP contribution is -2.05. The summed E-state index contributed by atoms with van der Waals surface area (Å²) < 4.78 is 0. The molecule has 0 aromatic carbocycles. The molecule has 2 N–H and O–H groups in total. The standard InChI is InChI=1S/C16H16N2O4/c1-8(2)12-4-10(15(19)20)5-14(18-12)13-6-11(16(21)22)9(3)7-17-13/h4-8H,1-3H3,(H,19,20)(H,21,22). The Kier molecular flexibility index (Phi) is 4.21. The first-order chi connectivity index (χ1) is 10.3. The molecular formula is C16H16N2O4. The molecule has 6 nitrogen and oxygen atoms in total. The van der Waals surface area contributed by atoms with Gasteiger partial charge in [-0.2, -0.15) is 0 Å². The van der Waals surface area contributed by atoms with Gasteiger partial charge in [0, 0.05) is 11.9 Å². The topological polar surface area (TPSA) is 100 Å². The SMILES string of the molecule is Cc1cnc(-c2cc(C(=O)O)cc(C(C)C)n2)cc1C(=O)O. The summed E-state index contributed by atoms with van der Waals surface area (Å²) in [5.41, 5.74) is 2.08. The molecule has 0 fully saturated rings. The Bertz CT molecular complexity index is 754. The first kappa shape index (κ1) is 15.6. The molecule has 0 aliphatic rings. The van der Waals surface area contributed by atoms with Crippen LogP contribution >= 0.6 is 0 Å². The molecule has 6 heteroatoms. The lowest BCUT2D eigenvalue weighted by Gasteiger charge is -2.10. The predicted octanol–water partition coefficient (Wildman–Crippen LogP) is 2.97. The van der Waals surface area contributed by atoms with Gasteiger partial charge in [-0.05, 0) is 36.6 Å². The number of rotatable bonds is 4. The van der Waals surface area contributed by atoms with Gasteiger partial charge in [0.15, 0.2) is 0 Å². The number of pyridine rings is 2. The van der Waals surface area contributed by atoms with Crippen LogP contribution in [0.1, 0.15) is 51.7 Å². The van der Waals surface area contributed by atoms with E-state index in [1.807, 2.05) is 13.8 Å². The average molecular weight is 300 g/mol. The third kappa shape index (κ3) is 3.11. The monoisotopic (exact) mass is 300 g/mol. The van der Waals surface area contributed by atoms with E-state index in [0.717, 1.165) is 0 Å². The van der Waals surface area contributed by atoms with E-state index in [-0.39, 0.29) is 17.0 Å². The number of aromatic carboxylic acids is 2. The van der Waals surface area contributed by atoms with Crippen LogP contribution in [0.15, 0.2) is 24.4 Å². The Morgan fingerprint density at radius 2 is 1.73 bits per heavy atom. The van der Waals surface area contributed by atoms with Crippen molar-refractivity contribution < 1.29 is 19.8 Å². The highest BCUT2D eigenvalue weighted by Crippen LogP contribution is 2.23. The fourth-order valence-corrected chi connectivity index (χ4v) is 2.00. The lowest BCUT2D eigenvalue weighted by molar-refractivity contribution is 0.0685. The fraction of sp³-hybridized carbons (Fsp3) is 0.250. The summed E-state index contributed by atoms with van der Waals surface area (Å²) in [6, 6.07) is 4.33. The van der Waals surface area contributed by atoms with Gasteiger partial charge in [-0.25, -0.2) is 9.59 Å². The molecule has 2 heterocycles. The second kappa shape index (κ2) is 5.93. The number of carbonyl (C=O) groups is 2. The van der Waals surface area contributed by atoms with E-state index in [9.17, 15) is 19.8 Å². The van der Waals surface area contributed by atoms with Gasteiger partial charge in [-0.15, -0.1) is 0 Å². The van der Waals surface area contributed by atoms with Crippen LogP contribution in [0.5, 0.6) is 0 Å². The van der Waals surface area contributed by atoms with Gasteiger partial charge in [-0.1, -0.05) is 13.8 Å². The summed E-state index contributed by atoms with van der Waals surface area (Å²) in [4.78, 5) is 31.0. The molecule has 2 aromatic rings. The number of aromatic nitrogens is 2. The average Bonchev–Trinajstić information content (AvgIpc) is 2.46. The summed E-state index contributed by atoms with van der Waals surface area (Å²) in [6.45, 7) is 5.47. The van der Waals surface area contributed by atoms with Crippen LogP contribution < -0.4 is 0 Å². The Hall–Kier alpha value is -2.76. The van der Waals surface area contributed by atoms with E-state index in [1.54, 1.807) is 6.92 Å². The molecule has 114 valence electrons. The van der Waals surface area contributed by atoms with Crippen LogP contribution in [-0.4, -0.2) is 32.1 Å². The molecule has 0 aliphatic carbocycles. The highest BCUT2D eigenvalue weighted by molar-refractivity contribution is 5.91. The zero-order chi connectivity index (χ0) is 16.4. The van der Waals surface area contributed by atoms with Crippen LogP contribution in [0.3, 0.4) is 0 Å². The molecule has 0 spiro atoms. The quantitative estimate of drug-likeness (QED) is 0.900. The van der Waals surface area contributed by atoms with Crippen molar-refractivity contribution in [3.63, 3.8) is 0 Å². The van der Waals surface area contributed by atoms with Crippen LogP contribution in [-0.2, 0) is 0 Å². The number of hydrogen-bond donors (Lipinski definition) is 2. The van der Waals surface area contributed by atoms with E-state index < -0.39 is 11.9 Å². The smallest absolute Gasteiger partial charge is 0.336 e. The van der Waals surface area contributed by atoms with E-state index >= 15 is 0 Å². The van der Waals surface area contributed by atoms with Gasteiger partial charge in [0.1, 0.15) is 0 Å². The Labute approximate surface area is 127 Å². The number of hydrogen-bond acceptors (Lipinski definition) is 4. The second-order valence-electron chi connectivity index (χ2n) is 5.32. The lowest BCUT2D eigenvalue weighted by atomic mass is 10.0. The molecule has 0 radical (unpaired) electrons. The maximum Gasteiger partial charge on any atom is 0.336 e. The van der Waals surface area contributed by atoms with Crippen molar-refractivity contribution in [1.82, 2.24) is 9.97 Å². The maximum atomic E-state index is 11.2. The third-order valence-corrected chi connectivity index (χ3v) is 3.28. The van der Waals surface area contributed by atoms with Gasteiger partial charge in [0.05, 0.1) is 22.5 Å². The molecule has 2 aromatic heterocycles. The van der Waals surface area contributed by atoms with Crippen molar-refractivity contribution in [1.29, 1.82) is 0 Å². The van der Waals surface area contributed by atoms with E-state index in [4.69, 9.17) is 0 Å². The summed E-state index contributed by atoms with van der Waals surface area (Å²) in [6.07, 6.45) is 1.45. The van der Waals surface area contributed by atoms with Gasteiger partial charge in [-0.3, -0.25) is 9.97 Å².